The highest BCUT2D eigenvalue weighted by Crippen LogP contribution is 2.61. The van der Waals surface area contributed by atoms with E-state index < -0.39 is 0 Å². The monoisotopic (exact) mass is 644 g/mol. The summed E-state index contributed by atoms with van der Waals surface area (Å²) in [7, 11) is 0. The van der Waals surface area contributed by atoms with Gasteiger partial charge >= 0.3 is 0 Å². The van der Waals surface area contributed by atoms with E-state index in [0.717, 1.165) is 39.7 Å². The molecule has 2 aliphatic carbocycles. The van der Waals surface area contributed by atoms with Crippen molar-refractivity contribution in [1.82, 2.24) is 0 Å². The van der Waals surface area contributed by atoms with Crippen LogP contribution in [0.1, 0.15) is 55.5 Å². The second-order valence-electron chi connectivity index (χ2n) is 14.9. The molecule has 0 saturated heterocycles. The van der Waals surface area contributed by atoms with E-state index in [9.17, 15) is 0 Å². The zero-order valence-electron chi connectivity index (χ0n) is 28.7. The van der Waals surface area contributed by atoms with Gasteiger partial charge in [0.2, 0.25) is 0 Å². The summed E-state index contributed by atoms with van der Waals surface area (Å²) in [6, 6.07) is 39.9. The quantitative estimate of drug-likeness (QED) is 0.174. The molecule has 0 saturated carbocycles. The average molecular weight is 645 g/mol. The molecule has 2 aliphatic heterocycles. The summed E-state index contributed by atoms with van der Waals surface area (Å²) >= 11 is 0. The van der Waals surface area contributed by atoms with Crippen LogP contribution in [0.4, 0.5) is 0 Å². The number of fused-ring (bicyclic) bond motifs is 15. The van der Waals surface area contributed by atoms with Crippen molar-refractivity contribution in [3.63, 3.8) is 0 Å². The van der Waals surface area contributed by atoms with Gasteiger partial charge in [0, 0.05) is 33.1 Å². The highest BCUT2D eigenvalue weighted by molar-refractivity contribution is 6.00. The van der Waals surface area contributed by atoms with Gasteiger partial charge in [-0.3, -0.25) is 0 Å². The van der Waals surface area contributed by atoms with Gasteiger partial charge in [-0.2, -0.15) is 0 Å². The average Bonchev–Trinajstić information content (AvgIpc) is 3.41. The summed E-state index contributed by atoms with van der Waals surface area (Å²) in [4.78, 5) is 0. The van der Waals surface area contributed by atoms with Crippen LogP contribution in [-0.2, 0) is 10.8 Å². The molecule has 2 heteroatoms. The van der Waals surface area contributed by atoms with Crippen LogP contribution in [0, 0.1) is 0 Å². The first-order valence-electron chi connectivity index (χ1n) is 17.5. The lowest BCUT2D eigenvalue weighted by Crippen LogP contribution is -2.18. The minimum Gasteiger partial charge on any atom is -0.456 e. The number of rotatable bonds is 2. The van der Waals surface area contributed by atoms with E-state index >= 15 is 0 Å². The molecule has 0 fully saturated rings. The lowest BCUT2D eigenvalue weighted by atomic mass is 9.77. The molecule has 2 heterocycles. The Bertz CT molecular complexity index is 2560. The molecule has 0 unspecified atom stereocenters. The third kappa shape index (κ3) is 3.79. The van der Waals surface area contributed by atoms with E-state index in [1.54, 1.807) is 6.08 Å². The molecule has 240 valence electrons. The number of para-hydroxylation sites is 1. The Kier molecular flexibility index (Phi) is 5.87. The van der Waals surface area contributed by atoms with Crippen molar-refractivity contribution in [3.05, 3.63) is 168 Å². The first-order chi connectivity index (χ1) is 24.3. The van der Waals surface area contributed by atoms with Crippen LogP contribution in [0.25, 0.3) is 61.4 Å². The van der Waals surface area contributed by atoms with E-state index in [2.05, 4.69) is 143 Å². The normalized spacial score (nSPS) is 16.7. The molecule has 0 atom stereocenters. The van der Waals surface area contributed by atoms with E-state index in [0.29, 0.717) is 0 Å². The van der Waals surface area contributed by atoms with Crippen molar-refractivity contribution >= 4 is 5.76 Å². The van der Waals surface area contributed by atoms with Gasteiger partial charge in [0.15, 0.2) is 0 Å². The maximum Gasteiger partial charge on any atom is 0.135 e. The number of hydrogen-bond donors (Lipinski definition) is 0. The number of allylic oxidation sites excluding steroid dienone is 4. The van der Waals surface area contributed by atoms with Crippen molar-refractivity contribution in [1.29, 1.82) is 0 Å². The van der Waals surface area contributed by atoms with Crippen molar-refractivity contribution < 1.29 is 9.47 Å². The van der Waals surface area contributed by atoms with Crippen LogP contribution in [-0.4, -0.2) is 0 Å². The molecule has 0 radical (unpaired) electrons. The molecule has 10 rings (SSSR count). The fraction of sp³-hybridized carbons (Fsp3) is 0.125. The second kappa shape index (κ2) is 10.1. The number of hydrogen-bond acceptors (Lipinski definition) is 2. The van der Waals surface area contributed by atoms with Crippen LogP contribution >= 0.6 is 0 Å². The predicted molar refractivity (Wildman–Crippen MR) is 206 cm³/mol. The molecule has 6 aromatic rings. The molecule has 2 nitrogen and oxygen atoms in total. The van der Waals surface area contributed by atoms with Gasteiger partial charge in [0.1, 0.15) is 23.0 Å². The molecule has 6 aromatic carbocycles. The standard InChI is InChI=1S/C48H36O2/c1-6-7-8-20-42-31-17-11-9-16-29(31)37-24-34-36-26-39-35(25-38(36)47(2,3)40(34)27-44(37)50-42)33-22-23-43-45(46(33)48(39,4)5)32-19-12-10-15-28(32)30-18-13-14-21-41(30)49-43/h6-27H,1H2,2-5H3/b8-7-,42-20-. The number of benzene rings is 6. The van der Waals surface area contributed by atoms with Crippen LogP contribution in [0.3, 0.4) is 0 Å². The van der Waals surface area contributed by atoms with E-state index in [1.807, 2.05) is 18.2 Å². The van der Waals surface area contributed by atoms with Gasteiger partial charge < -0.3 is 9.47 Å². The van der Waals surface area contributed by atoms with Crippen molar-refractivity contribution in [2.45, 2.75) is 38.5 Å². The summed E-state index contributed by atoms with van der Waals surface area (Å²) in [5.41, 5.74) is 18.3. The molecule has 4 aliphatic rings. The molecule has 0 bridgehead atoms. The summed E-state index contributed by atoms with van der Waals surface area (Å²) in [6.45, 7) is 13.3. The molecule has 0 spiro atoms. The highest BCUT2D eigenvalue weighted by atomic mass is 16.5. The zero-order valence-corrected chi connectivity index (χ0v) is 28.7. The van der Waals surface area contributed by atoms with Crippen LogP contribution < -0.4 is 9.47 Å². The lowest BCUT2D eigenvalue weighted by molar-refractivity contribution is 0.486. The molecule has 0 N–H and O–H groups in total. The topological polar surface area (TPSA) is 18.5 Å². The Morgan fingerprint density at radius 3 is 1.82 bits per heavy atom. The van der Waals surface area contributed by atoms with Gasteiger partial charge in [-0.1, -0.05) is 125 Å². The molecule has 0 amide bonds. The van der Waals surface area contributed by atoms with Crippen molar-refractivity contribution in [2.24, 2.45) is 0 Å². The fourth-order valence-corrected chi connectivity index (χ4v) is 9.07. The van der Waals surface area contributed by atoms with Crippen LogP contribution in [0.15, 0.2) is 140 Å². The fourth-order valence-electron chi connectivity index (χ4n) is 9.07. The Labute approximate surface area is 293 Å². The zero-order chi connectivity index (χ0) is 33.9. The SMILES string of the molecule is C=C/C=C\C=C1/Oc2cc3c(cc2-c2ccccc21)-c1cc2c(cc1C3(C)C)-c1ccc3c(c1C2(C)C)-c1ccccc1-c1ccccc1O3. The lowest BCUT2D eigenvalue weighted by Gasteiger charge is -2.27. The Morgan fingerprint density at radius 1 is 0.460 bits per heavy atom. The first-order valence-corrected chi connectivity index (χ1v) is 17.5. The van der Waals surface area contributed by atoms with Crippen LogP contribution in [0.5, 0.6) is 17.2 Å². The Hall–Kier alpha value is -5.86. The first kappa shape index (κ1) is 29.1. The molecular weight excluding hydrogens is 609 g/mol. The van der Waals surface area contributed by atoms with Gasteiger partial charge in [-0.25, -0.2) is 0 Å². The van der Waals surface area contributed by atoms with Gasteiger partial charge in [-0.05, 0) is 104 Å². The Balaban J connectivity index is 1.17. The van der Waals surface area contributed by atoms with Gasteiger partial charge in [-0.15, -0.1) is 0 Å². The van der Waals surface area contributed by atoms with Crippen molar-refractivity contribution in [2.75, 3.05) is 0 Å². The van der Waals surface area contributed by atoms with Crippen molar-refractivity contribution in [3.8, 4) is 72.9 Å². The van der Waals surface area contributed by atoms with E-state index in [1.165, 1.54) is 66.8 Å². The smallest absolute Gasteiger partial charge is 0.135 e. The second-order valence-corrected chi connectivity index (χ2v) is 14.9. The summed E-state index contributed by atoms with van der Waals surface area (Å²) in [5, 5.41) is 0. The van der Waals surface area contributed by atoms with E-state index in [4.69, 9.17) is 9.47 Å². The maximum absolute atomic E-state index is 6.75. The summed E-state index contributed by atoms with van der Waals surface area (Å²) in [6.07, 6.45) is 7.73. The minimum absolute atomic E-state index is 0.211. The highest BCUT2D eigenvalue weighted by Gasteiger charge is 2.44. The largest absolute Gasteiger partial charge is 0.456 e. The molecular formula is C48H36O2. The maximum atomic E-state index is 6.75. The molecule has 0 aromatic heterocycles. The van der Waals surface area contributed by atoms with Gasteiger partial charge in [0.05, 0.1) is 0 Å². The number of ether oxygens (including phenoxy) is 2. The third-order valence-electron chi connectivity index (χ3n) is 11.5. The predicted octanol–water partition coefficient (Wildman–Crippen LogP) is 12.9. The minimum atomic E-state index is -0.256. The van der Waals surface area contributed by atoms with E-state index in [-0.39, 0.29) is 10.8 Å². The van der Waals surface area contributed by atoms with Crippen LogP contribution in [0.2, 0.25) is 0 Å². The summed E-state index contributed by atoms with van der Waals surface area (Å²) in [5.74, 6) is 3.57. The molecule has 50 heavy (non-hydrogen) atoms. The summed E-state index contributed by atoms with van der Waals surface area (Å²) < 4.78 is 13.4. The third-order valence-corrected chi connectivity index (χ3v) is 11.5. The van der Waals surface area contributed by atoms with Gasteiger partial charge in [0.25, 0.3) is 0 Å². The Morgan fingerprint density at radius 2 is 1.06 bits per heavy atom.